The molecule has 1 aromatic rings. The number of esters is 1. The summed E-state index contributed by atoms with van der Waals surface area (Å²) >= 11 is 0. The van der Waals surface area contributed by atoms with E-state index in [0.717, 1.165) is 38.5 Å². The van der Waals surface area contributed by atoms with E-state index < -0.39 is 21.5 Å². The van der Waals surface area contributed by atoms with Gasteiger partial charge in [-0.2, -0.15) is 0 Å². The lowest BCUT2D eigenvalue weighted by atomic mass is 9.92. The standard InChI is InChI=1S/C16H24N2O4S.ClH/c1-22-15(19)13-6-8-14(9-7-13)23(20,21)18-12-16(17)10-4-2-3-5-11-16;/h6-9,18H,2-5,10-12,17H2,1H3;1H. The molecule has 0 aliphatic heterocycles. The number of methoxy groups -OCH3 is 1. The van der Waals surface area contributed by atoms with E-state index in [1.807, 2.05) is 0 Å². The van der Waals surface area contributed by atoms with Crippen molar-refractivity contribution < 1.29 is 17.9 Å². The maximum absolute atomic E-state index is 12.4. The molecule has 24 heavy (non-hydrogen) atoms. The normalized spacial score (nSPS) is 17.4. The Labute approximate surface area is 149 Å². The smallest absolute Gasteiger partial charge is 0.337 e. The first-order valence-corrected chi connectivity index (χ1v) is 9.32. The van der Waals surface area contributed by atoms with Gasteiger partial charge >= 0.3 is 5.97 Å². The molecule has 136 valence electrons. The van der Waals surface area contributed by atoms with Gasteiger partial charge in [-0.05, 0) is 37.1 Å². The Bertz CT molecular complexity index is 639. The number of nitrogens with one attached hydrogen (secondary N) is 1. The third-order valence-electron chi connectivity index (χ3n) is 4.30. The Morgan fingerprint density at radius 2 is 1.71 bits per heavy atom. The fraction of sp³-hybridized carbons (Fsp3) is 0.562. The lowest BCUT2D eigenvalue weighted by molar-refractivity contribution is 0.0600. The number of carbonyl (C=O) groups is 1. The van der Waals surface area contributed by atoms with E-state index in [0.29, 0.717) is 5.56 Å². The molecule has 1 fully saturated rings. The van der Waals surface area contributed by atoms with Gasteiger partial charge in [0.05, 0.1) is 17.6 Å². The second-order valence-electron chi connectivity index (χ2n) is 6.12. The molecular formula is C16H25ClN2O4S. The minimum atomic E-state index is -3.64. The summed E-state index contributed by atoms with van der Waals surface area (Å²) in [5.74, 6) is -0.499. The molecule has 0 aromatic heterocycles. The molecule has 6 nitrogen and oxygen atoms in total. The molecule has 0 radical (unpaired) electrons. The molecule has 2 rings (SSSR count). The number of ether oxygens (including phenoxy) is 1. The van der Waals surface area contributed by atoms with E-state index in [1.165, 1.54) is 31.4 Å². The highest BCUT2D eigenvalue weighted by Gasteiger charge is 2.28. The van der Waals surface area contributed by atoms with Gasteiger partial charge in [-0.15, -0.1) is 12.4 Å². The van der Waals surface area contributed by atoms with Crippen LogP contribution in [0.3, 0.4) is 0 Å². The number of halogens is 1. The van der Waals surface area contributed by atoms with Crippen molar-refractivity contribution in [3.63, 3.8) is 0 Å². The summed E-state index contributed by atoms with van der Waals surface area (Å²) < 4.78 is 31.9. The average Bonchev–Trinajstić information content (AvgIpc) is 2.78. The Morgan fingerprint density at radius 3 is 2.21 bits per heavy atom. The van der Waals surface area contributed by atoms with Gasteiger partial charge in [0.15, 0.2) is 0 Å². The minimum Gasteiger partial charge on any atom is -0.465 e. The summed E-state index contributed by atoms with van der Waals surface area (Å²) in [5, 5.41) is 0. The van der Waals surface area contributed by atoms with Crippen molar-refractivity contribution in [2.75, 3.05) is 13.7 Å². The summed E-state index contributed by atoms with van der Waals surface area (Å²) in [6, 6.07) is 5.66. The minimum absolute atomic E-state index is 0. The lowest BCUT2D eigenvalue weighted by Crippen LogP contribution is -2.49. The molecule has 0 unspecified atom stereocenters. The number of carbonyl (C=O) groups excluding carboxylic acids is 1. The summed E-state index contributed by atoms with van der Waals surface area (Å²) in [6.07, 6.45) is 6.03. The van der Waals surface area contributed by atoms with Gasteiger partial charge in [0, 0.05) is 12.1 Å². The van der Waals surface area contributed by atoms with Crippen molar-refractivity contribution in [3.05, 3.63) is 29.8 Å². The zero-order valence-corrected chi connectivity index (χ0v) is 15.4. The fourth-order valence-electron chi connectivity index (χ4n) is 2.82. The Balaban J connectivity index is 0.00000288. The van der Waals surface area contributed by atoms with Crippen molar-refractivity contribution in [1.29, 1.82) is 0 Å². The predicted octanol–water partition coefficient (Wildman–Crippen LogP) is 2.23. The van der Waals surface area contributed by atoms with E-state index in [-0.39, 0.29) is 23.8 Å². The maximum Gasteiger partial charge on any atom is 0.337 e. The van der Waals surface area contributed by atoms with E-state index in [1.54, 1.807) is 0 Å². The van der Waals surface area contributed by atoms with Crippen LogP contribution < -0.4 is 10.5 Å². The van der Waals surface area contributed by atoms with Crippen molar-refractivity contribution in [2.24, 2.45) is 5.73 Å². The molecule has 0 spiro atoms. The summed E-state index contributed by atoms with van der Waals surface area (Å²) in [5.41, 5.74) is 6.17. The molecular weight excluding hydrogens is 352 g/mol. The topological polar surface area (TPSA) is 98.5 Å². The molecule has 0 bridgehead atoms. The Morgan fingerprint density at radius 1 is 1.17 bits per heavy atom. The summed E-state index contributed by atoms with van der Waals surface area (Å²) in [7, 11) is -2.36. The molecule has 0 saturated heterocycles. The SMILES string of the molecule is COC(=O)c1ccc(S(=O)(=O)NCC2(N)CCCCCC2)cc1.Cl. The van der Waals surface area contributed by atoms with E-state index >= 15 is 0 Å². The molecule has 1 saturated carbocycles. The highest BCUT2D eigenvalue weighted by atomic mass is 35.5. The van der Waals surface area contributed by atoms with Crippen LogP contribution in [0, 0.1) is 0 Å². The Hall–Kier alpha value is -1.15. The van der Waals surface area contributed by atoms with Crippen molar-refractivity contribution in [1.82, 2.24) is 4.72 Å². The first-order valence-electron chi connectivity index (χ1n) is 7.83. The third-order valence-corrected chi connectivity index (χ3v) is 5.72. The molecule has 0 atom stereocenters. The maximum atomic E-state index is 12.4. The van der Waals surface area contributed by atoms with Gasteiger partial charge < -0.3 is 10.5 Å². The fourth-order valence-corrected chi connectivity index (χ4v) is 3.96. The van der Waals surface area contributed by atoms with Gasteiger partial charge in [0.25, 0.3) is 0 Å². The van der Waals surface area contributed by atoms with Crippen LogP contribution in [0.25, 0.3) is 0 Å². The monoisotopic (exact) mass is 376 g/mol. The molecule has 0 heterocycles. The average molecular weight is 377 g/mol. The van der Waals surface area contributed by atoms with Gasteiger partial charge in [0.1, 0.15) is 0 Å². The lowest BCUT2D eigenvalue weighted by Gasteiger charge is -2.28. The van der Waals surface area contributed by atoms with E-state index in [9.17, 15) is 13.2 Å². The highest BCUT2D eigenvalue weighted by Crippen LogP contribution is 2.24. The summed E-state index contributed by atoms with van der Waals surface area (Å²) in [4.78, 5) is 11.5. The Kier molecular flexibility index (Phi) is 7.66. The van der Waals surface area contributed by atoms with Crippen LogP contribution >= 0.6 is 12.4 Å². The second kappa shape index (κ2) is 8.80. The van der Waals surface area contributed by atoms with Gasteiger partial charge in [-0.3, -0.25) is 0 Å². The number of hydrogen-bond acceptors (Lipinski definition) is 5. The van der Waals surface area contributed by atoms with Crippen molar-refractivity contribution >= 4 is 28.4 Å². The van der Waals surface area contributed by atoms with E-state index in [2.05, 4.69) is 9.46 Å². The summed E-state index contributed by atoms with van der Waals surface area (Å²) in [6.45, 7) is 0.230. The molecule has 8 heteroatoms. The van der Waals surface area contributed by atoms with Gasteiger partial charge in [-0.1, -0.05) is 25.7 Å². The number of sulfonamides is 1. The molecule has 3 N–H and O–H groups in total. The van der Waals surface area contributed by atoms with Crippen LogP contribution in [0.15, 0.2) is 29.2 Å². The van der Waals surface area contributed by atoms with Crippen LogP contribution in [0.4, 0.5) is 0 Å². The van der Waals surface area contributed by atoms with Crippen LogP contribution in [-0.4, -0.2) is 33.6 Å². The third kappa shape index (κ3) is 5.44. The number of benzene rings is 1. The van der Waals surface area contributed by atoms with Crippen molar-refractivity contribution in [3.8, 4) is 0 Å². The predicted molar refractivity (Wildman–Crippen MR) is 94.8 cm³/mol. The van der Waals surface area contributed by atoms with E-state index in [4.69, 9.17) is 5.73 Å². The van der Waals surface area contributed by atoms with Crippen LogP contribution in [0.5, 0.6) is 0 Å². The van der Waals surface area contributed by atoms with Crippen LogP contribution in [-0.2, 0) is 14.8 Å². The zero-order valence-electron chi connectivity index (χ0n) is 13.8. The van der Waals surface area contributed by atoms with Crippen LogP contribution in [0.1, 0.15) is 48.9 Å². The molecule has 1 aromatic carbocycles. The quantitative estimate of drug-likeness (QED) is 0.606. The molecule has 1 aliphatic carbocycles. The zero-order chi connectivity index (χ0) is 16.9. The van der Waals surface area contributed by atoms with Gasteiger partial charge in [-0.25, -0.2) is 17.9 Å². The molecule has 1 aliphatic rings. The number of rotatable bonds is 5. The number of hydrogen-bond donors (Lipinski definition) is 2. The molecule has 0 amide bonds. The van der Waals surface area contributed by atoms with Crippen LogP contribution in [0.2, 0.25) is 0 Å². The largest absolute Gasteiger partial charge is 0.465 e. The first kappa shape index (κ1) is 20.9. The highest BCUT2D eigenvalue weighted by molar-refractivity contribution is 7.89. The number of nitrogens with two attached hydrogens (primary N) is 1. The van der Waals surface area contributed by atoms with Gasteiger partial charge in [0.2, 0.25) is 10.0 Å². The first-order chi connectivity index (χ1) is 10.9. The van der Waals surface area contributed by atoms with Crippen molar-refractivity contribution in [2.45, 2.75) is 49.0 Å². The second-order valence-corrected chi connectivity index (χ2v) is 7.88.